The van der Waals surface area contributed by atoms with Gasteiger partial charge in [-0.15, -0.1) is 0 Å². The molecule has 0 aromatic rings. The van der Waals surface area contributed by atoms with E-state index in [0.29, 0.717) is 6.10 Å². The third kappa shape index (κ3) is 3.46. The molecular formula is C14H27NO. The lowest BCUT2D eigenvalue weighted by Gasteiger charge is -2.36. The third-order valence-corrected chi connectivity index (χ3v) is 4.05. The fraction of sp³-hybridized carbons (Fsp3) is 1.00. The van der Waals surface area contributed by atoms with Gasteiger partial charge in [0.15, 0.2) is 0 Å². The zero-order chi connectivity index (χ0) is 11.4. The number of nitrogens with one attached hydrogen (secondary N) is 1. The summed E-state index contributed by atoms with van der Waals surface area (Å²) in [5.41, 5.74) is 0. The van der Waals surface area contributed by atoms with Crippen molar-refractivity contribution in [3.63, 3.8) is 0 Å². The molecule has 2 heteroatoms. The van der Waals surface area contributed by atoms with Gasteiger partial charge in [0.05, 0.1) is 6.10 Å². The molecule has 1 saturated heterocycles. The maximum Gasteiger partial charge on any atom is 0.0640 e. The molecule has 2 aliphatic rings. The minimum absolute atomic E-state index is 0.514. The normalized spacial score (nSPS) is 32.6. The van der Waals surface area contributed by atoms with Crippen LogP contribution in [-0.2, 0) is 4.74 Å². The van der Waals surface area contributed by atoms with Crippen molar-refractivity contribution in [1.82, 2.24) is 5.32 Å². The van der Waals surface area contributed by atoms with E-state index in [2.05, 4.69) is 19.2 Å². The predicted molar refractivity (Wildman–Crippen MR) is 67.6 cm³/mol. The zero-order valence-electron chi connectivity index (χ0n) is 10.9. The Bertz CT molecular complexity index is 203. The molecule has 0 radical (unpaired) electrons. The van der Waals surface area contributed by atoms with E-state index >= 15 is 0 Å². The second kappa shape index (κ2) is 6.02. The molecule has 0 aromatic carbocycles. The largest absolute Gasteiger partial charge is 0.378 e. The van der Waals surface area contributed by atoms with E-state index in [9.17, 15) is 0 Å². The van der Waals surface area contributed by atoms with E-state index in [1.165, 1.54) is 45.1 Å². The standard InChI is InChI=1S/C14H27NO/c1-3-5-11(2)14-12(6-4-9-16-14)10-15-13-7-8-13/h11-15H,3-10H2,1-2H3. The zero-order valence-corrected chi connectivity index (χ0v) is 10.9. The number of hydrogen-bond donors (Lipinski definition) is 1. The van der Waals surface area contributed by atoms with E-state index in [1.54, 1.807) is 0 Å². The second-order valence-electron chi connectivity index (χ2n) is 5.69. The van der Waals surface area contributed by atoms with Crippen molar-refractivity contribution in [2.24, 2.45) is 11.8 Å². The molecule has 94 valence electrons. The van der Waals surface area contributed by atoms with Crippen LogP contribution in [0.25, 0.3) is 0 Å². The summed E-state index contributed by atoms with van der Waals surface area (Å²) < 4.78 is 6.02. The Morgan fingerprint density at radius 3 is 2.81 bits per heavy atom. The first-order valence-corrected chi connectivity index (χ1v) is 7.16. The van der Waals surface area contributed by atoms with Crippen LogP contribution < -0.4 is 5.32 Å². The molecule has 0 aromatic heterocycles. The average molecular weight is 225 g/mol. The van der Waals surface area contributed by atoms with Crippen molar-refractivity contribution in [3.05, 3.63) is 0 Å². The maximum atomic E-state index is 6.02. The summed E-state index contributed by atoms with van der Waals surface area (Å²) >= 11 is 0. The van der Waals surface area contributed by atoms with Gasteiger partial charge in [-0.25, -0.2) is 0 Å². The van der Waals surface area contributed by atoms with Crippen LogP contribution in [-0.4, -0.2) is 25.3 Å². The lowest BCUT2D eigenvalue weighted by atomic mass is 9.84. The summed E-state index contributed by atoms with van der Waals surface area (Å²) in [7, 11) is 0. The van der Waals surface area contributed by atoms with Gasteiger partial charge in [0.1, 0.15) is 0 Å². The summed E-state index contributed by atoms with van der Waals surface area (Å²) in [6, 6.07) is 0.837. The van der Waals surface area contributed by atoms with Crippen molar-refractivity contribution in [3.8, 4) is 0 Å². The topological polar surface area (TPSA) is 21.3 Å². The van der Waals surface area contributed by atoms with E-state index in [4.69, 9.17) is 4.74 Å². The first-order chi connectivity index (χ1) is 7.81. The van der Waals surface area contributed by atoms with Gasteiger partial charge in [-0.1, -0.05) is 20.3 Å². The van der Waals surface area contributed by atoms with Crippen molar-refractivity contribution in [2.75, 3.05) is 13.2 Å². The maximum absolute atomic E-state index is 6.02. The molecule has 1 heterocycles. The molecule has 2 nitrogen and oxygen atoms in total. The fourth-order valence-corrected chi connectivity index (χ4v) is 2.94. The van der Waals surface area contributed by atoms with Crippen molar-refractivity contribution in [1.29, 1.82) is 0 Å². The molecule has 2 fully saturated rings. The number of rotatable bonds is 6. The van der Waals surface area contributed by atoms with Crippen LogP contribution >= 0.6 is 0 Å². The monoisotopic (exact) mass is 225 g/mol. The summed E-state index contributed by atoms with van der Waals surface area (Å²) in [5.74, 6) is 1.49. The first kappa shape index (κ1) is 12.4. The Hall–Kier alpha value is -0.0800. The van der Waals surface area contributed by atoms with Gasteiger partial charge < -0.3 is 10.1 Å². The van der Waals surface area contributed by atoms with E-state index < -0.39 is 0 Å². The van der Waals surface area contributed by atoms with Crippen molar-refractivity contribution >= 4 is 0 Å². The SMILES string of the molecule is CCCC(C)C1OCCCC1CNC1CC1. The van der Waals surface area contributed by atoms with Crippen LogP contribution in [0.3, 0.4) is 0 Å². The molecule has 1 aliphatic carbocycles. The van der Waals surface area contributed by atoms with Crippen molar-refractivity contribution < 1.29 is 4.74 Å². The molecule has 1 aliphatic heterocycles. The Morgan fingerprint density at radius 1 is 1.31 bits per heavy atom. The lowest BCUT2D eigenvalue weighted by molar-refractivity contribution is -0.0576. The Kier molecular flexibility index (Phi) is 4.66. The Balaban J connectivity index is 1.79. The molecule has 0 spiro atoms. The fourth-order valence-electron chi connectivity index (χ4n) is 2.94. The van der Waals surface area contributed by atoms with Crippen LogP contribution in [0.4, 0.5) is 0 Å². The second-order valence-corrected chi connectivity index (χ2v) is 5.69. The first-order valence-electron chi connectivity index (χ1n) is 7.16. The highest BCUT2D eigenvalue weighted by atomic mass is 16.5. The van der Waals surface area contributed by atoms with E-state index in [0.717, 1.165) is 24.5 Å². The van der Waals surface area contributed by atoms with Crippen LogP contribution in [0.1, 0.15) is 52.4 Å². The van der Waals surface area contributed by atoms with Crippen LogP contribution in [0.15, 0.2) is 0 Å². The van der Waals surface area contributed by atoms with Gasteiger partial charge in [-0.2, -0.15) is 0 Å². The van der Waals surface area contributed by atoms with E-state index in [-0.39, 0.29) is 0 Å². The predicted octanol–water partition coefficient (Wildman–Crippen LogP) is 2.97. The summed E-state index contributed by atoms with van der Waals surface area (Å²) in [6.45, 7) is 6.81. The van der Waals surface area contributed by atoms with Gasteiger partial charge in [-0.3, -0.25) is 0 Å². The van der Waals surface area contributed by atoms with Crippen molar-refractivity contribution in [2.45, 2.75) is 64.5 Å². The Labute approximate surface area is 100 Å². The van der Waals surface area contributed by atoms with Gasteiger partial charge in [-0.05, 0) is 43.9 Å². The average Bonchev–Trinajstić information content (AvgIpc) is 3.11. The summed E-state index contributed by atoms with van der Waals surface area (Å²) in [6.07, 6.45) is 8.50. The lowest BCUT2D eigenvalue weighted by Crippen LogP contribution is -2.41. The van der Waals surface area contributed by atoms with E-state index in [1.807, 2.05) is 0 Å². The van der Waals surface area contributed by atoms with Crippen LogP contribution in [0, 0.1) is 11.8 Å². The minimum atomic E-state index is 0.514. The smallest absolute Gasteiger partial charge is 0.0640 e. The molecule has 0 bridgehead atoms. The van der Waals surface area contributed by atoms with Gasteiger partial charge >= 0.3 is 0 Å². The number of ether oxygens (including phenoxy) is 1. The molecule has 1 N–H and O–H groups in total. The summed E-state index contributed by atoms with van der Waals surface area (Å²) in [5, 5.41) is 3.67. The molecule has 2 rings (SSSR count). The quantitative estimate of drug-likeness (QED) is 0.750. The molecule has 0 amide bonds. The highest BCUT2D eigenvalue weighted by Gasteiger charge is 2.31. The van der Waals surface area contributed by atoms with Gasteiger partial charge in [0.2, 0.25) is 0 Å². The molecule has 3 unspecified atom stereocenters. The molecule has 3 atom stereocenters. The molecule has 16 heavy (non-hydrogen) atoms. The van der Waals surface area contributed by atoms with Crippen LogP contribution in [0.5, 0.6) is 0 Å². The molecular weight excluding hydrogens is 198 g/mol. The molecule has 1 saturated carbocycles. The summed E-state index contributed by atoms with van der Waals surface area (Å²) in [4.78, 5) is 0. The van der Waals surface area contributed by atoms with Gasteiger partial charge in [0, 0.05) is 19.2 Å². The highest BCUT2D eigenvalue weighted by molar-refractivity contribution is 4.86. The highest BCUT2D eigenvalue weighted by Crippen LogP contribution is 2.29. The van der Waals surface area contributed by atoms with Crippen LogP contribution in [0.2, 0.25) is 0 Å². The van der Waals surface area contributed by atoms with Gasteiger partial charge in [0.25, 0.3) is 0 Å². The number of hydrogen-bond acceptors (Lipinski definition) is 2. The minimum Gasteiger partial charge on any atom is -0.378 e. The Morgan fingerprint density at radius 2 is 2.12 bits per heavy atom. The third-order valence-electron chi connectivity index (χ3n) is 4.05.